The molecule has 0 spiro atoms. The molecule has 2 saturated carbocycles. The van der Waals surface area contributed by atoms with Gasteiger partial charge >= 0.3 is 23.9 Å². The highest BCUT2D eigenvalue weighted by atomic mass is 16.7. The molecule has 3 rings (SSSR count). The number of hydrogen-bond donors (Lipinski definition) is 0. The van der Waals surface area contributed by atoms with Crippen molar-refractivity contribution in [2.24, 2.45) is 35.5 Å². The Morgan fingerprint density at radius 2 is 0.743 bits per heavy atom. The number of rotatable bonds is 8. The van der Waals surface area contributed by atoms with Crippen molar-refractivity contribution in [2.75, 3.05) is 56.9 Å². The fourth-order valence-electron chi connectivity index (χ4n) is 6.54. The molecule has 0 aromatic carbocycles. The molecule has 0 N–H and O–H groups in total. The summed E-state index contributed by atoms with van der Waals surface area (Å²) >= 11 is 0. The van der Waals surface area contributed by atoms with E-state index >= 15 is 0 Å². The molecule has 0 unspecified atom stereocenters. The molecule has 0 aromatic heterocycles. The van der Waals surface area contributed by atoms with Gasteiger partial charge in [-0.3, -0.25) is 19.2 Å². The Morgan fingerprint density at radius 3 is 0.971 bits per heavy atom. The second-order valence-corrected chi connectivity index (χ2v) is 8.48. The molecule has 3 aliphatic rings. The summed E-state index contributed by atoms with van der Waals surface area (Å²) in [6.07, 6.45) is -2.13. The van der Waals surface area contributed by atoms with Crippen molar-refractivity contribution in [1.29, 1.82) is 0 Å². The minimum absolute atomic E-state index is 0.773. The molecule has 198 valence electrons. The summed E-state index contributed by atoms with van der Waals surface area (Å²) in [5.41, 5.74) is 0. The number of hydrogen-bond acceptors (Lipinski definition) is 13. The van der Waals surface area contributed by atoms with Crippen LogP contribution in [0, 0.1) is 35.5 Å². The van der Waals surface area contributed by atoms with E-state index in [9.17, 15) is 19.2 Å². The largest absolute Gasteiger partial charge is 0.469 e. The average Bonchev–Trinajstić information content (AvgIpc) is 3.47. The third-order valence-corrected chi connectivity index (χ3v) is 7.77. The van der Waals surface area contributed by atoms with Crippen LogP contribution in [-0.4, -0.2) is 105 Å². The Balaban J connectivity index is 2.31. The second-order valence-electron chi connectivity index (χ2n) is 8.48. The van der Waals surface area contributed by atoms with Crippen LogP contribution in [0.1, 0.15) is 0 Å². The highest BCUT2D eigenvalue weighted by Gasteiger charge is 2.81. The first-order chi connectivity index (χ1) is 16.7. The number of esters is 4. The molecule has 0 aromatic rings. The van der Waals surface area contributed by atoms with Gasteiger partial charge in [0.25, 0.3) is 0 Å². The molecule has 0 bridgehead atoms. The van der Waals surface area contributed by atoms with E-state index in [1.807, 2.05) is 0 Å². The van der Waals surface area contributed by atoms with Crippen molar-refractivity contribution in [3.8, 4) is 0 Å². The van der Waals surface area contributed by atoms with Gasteiger partial charge in [0.05, 0.1) is 40.6 Å². The van der Waals surface area contributed by atoms with Crippen molar-refractivity contribution in [3.05, 3.63) is 0 Å². The lowest BCUT2D eigenvalue weighted by Gasteiger charge is -2.38. The summed E-state index contributed by atoms with van der Waals surface area (Å²) in [6.45, 7) is 0. The Hall–Kier alpha value is -2.32. The van der Waals surface area contributed by atoms with Gasteiger partial charge in [-0.25, -0.2) is 0 Å². The van der Waals surface area contributed by atoms with Crippen LogP contribution in [0.3, 0.4) is 0 Å². The molecule has 35 heavy (non-hydrogen) atoms. The van der Waals surface area contributed by atoms with Gasteiger partial charge in [0.15, 0.2) is 11.6 Å². The van der Waals surface area contributed by atoms with E-state index in [4.69, 9.17) is 42.6 Å². The number of carbonyl (C=O) groups excluding carboxylic acids is 4. The Morgan fingerprint density at radius 1 is 0.486 bits per heavy atom. The van der Waals surface area contributed by atoms with Gasteiger partial charge in [-0.05, 0) is 0 Å². The third-order valence-electron chi connectivity index (χ3n) is 7.77. The van der Waals surface area contributed by atoms with Gasteiger partial charge in [0.2, 0.25) is 0 Å². The lowest BCUT2D eigenvalue weighted by Crippen LogP contribution is -2.53. The topological polar surface area (TPSA) is 151 Å². The molecule has 1 heterocycles. The quantitative estimate of drug-likeness (QED) is 0.229. The number of methoxy groups -OCH3 is 8. The van der Waals surface area contributed by atoms with E-state index in [0.29, 0.717) is 0 Å². The van der Waals surface area contributed by atoms with Gasteiger partial charge in [0.1, 0.15) is 23.7 Å². The van der Waals surface area contributed by atoms with E-state index < -0.39 is 83.2 Å². The van der Waals surface area contributed by atoms with Crippen LogP contribution in [0.25, 0.3) is 0 Å². The molecule has 13 nitrogen and oxygen atoms in total. The van der Waals surface area contributed by atoms with Crippen LogP contribution in [-0.2, 0) is 61.8 Å². The zero-order valence-corrected chi connectivity index (χ0v) is 20.9. The maximum absolute atomic E-state index is 13.2. The minimum Gasteiger partial charge on any atom is -0.469 e. The monoisotopic (exact) mass is 504 g/mol. The molecule has 13 heteroatoms. The molecule has 1 aliphatic heterocycles. The summed E-state index contributed by atoms with van der Waals surface area (Å²) in [5, 5.41) is 0. The fourth-order valence-corrected chi connectivity index (χ4v) is 6.54. The van der Waals surface area contributed by atoms with E-state index in [-0.39, 0.29) is 0 Å². The second kappa shape index (κ2) is 9.97. The summed E-state index contributed by atoms with van der Waals surface area (Å²) in [5.74, 6) is -13.7. The zero-order valence-electron chi connectivity index (χ0n) is 20.9. The zero-order chi connectivity index (χ0) is 26.3. The van der Waals surface area contributed by atoms with E-state index in [1.165, 1.54) is 56.9 Å². The maximum Gasteiger partial charge on any atom is 0.316 e. The Labute approximate surface area is 202 Å². The normalized spacial score (nSPS) is 36.1. The van der Waals surface area contributed by atoms with E-state index in [2.05, 4.69) is 0 Å². The number of ether oxygens (including phenoxy) is 9. The van der Waals surface area contributed by atoms with E-state index in [0.717, 1.165) is 0 Å². The third kappa shape index (κ3) is 3.47. The molecule has 1 saturated heterocycles. The van der Waals surface area contributed by atoms with Gasteiger partial charge < -0.3 is 42.6 Å². The summed E-state index contributed by atoms with van der Waals surface area (Å²) < 4.78 is 49.0. The highest BCUT2D eigenvalue weighted by molar-refractivity contribution is 5.84. The smallest absolute Gasteiger partial charge is 0.316 e. The van der Waals surface area contributed by atoms with Gasteiger partial charge in [-0.2, -0.15) is 0 Å². The van der Waals surface area contributed by atoms with Crippen LogP contribution >= 0.6 is 0 Å². The molecular formula is C22H32O13. The lowest BCUT2D eigenvalue weighted by atomic mass is 9.76. The first-order valence-corrected chi connectivity index (χ1v) is 10.8. The highest BCUT2D eigenvalue weighted by Crippen LogP contribution is 2.65. The summed E-state index contributed by atoms with van der Waals surface area (Å²) in [7, 11) is 9.76. The first kappa shape index (κ1) is 27.3. The number of fused-ring (bicyclic) bond motifs is 3. The molecule has 8 atom stereocenters. The standard InChI is InChI=1S/C22H32O13/c1-27-17(23)11-9-10-12(18(24)28-2)22(33-7,34-8)14(20(26)30-4)16(10)35-15(9)13(19(25)29-3)21(11,31-5)32-6/h9-16H,1-8H3/t9-,10-,11+,12+,13-,14-,15-,16-/m1/s1. The van der Waals surface area contributed by atoms with Crippen LogP contribution < -0.4 is 0 Å². The van der Waals surface area contributed by atoms with Crippen molar-refractivity contribution >= 4 is 23.9 Å². The first-order valence-electron chi connectivity index (χ1n) is 10.8. The molecular weight excluding hydrogens is 472 g/mol. The van der Waals surface area contributed by atoms with E-state index in [1.54, 1.807) is 0 Å². The predicted octanol–water partition coefficient (Wildman–Crippen LogP) is -0.852. The predicted molar refractivity (Wildman–Crippen MR) is 111 cm³/mol. The molecule has 2 aliphatic carbocycles. The van der Waals surface area contributed by atoms with Gasteiger partial charge in [-0.1, -0.05) is 0 Å². The van der Waals surface area contributed by atoms with Gasteiger partial charge in [0, 0.05) is 40.3 Å². The van der Waals surface area contributed by atoms with Crippen LogP contribution in [0.2, 0.25) is 0 Å². The van der Waals surface area contributed by atoms with Crippen molar-refractivity contribution in [3.63, 3.8) is 0 Å². The minimum atomic E-state index is -1.85. The van der Waals surface area contributed by atoms with Crippen LogP contribution in [0.15, 0.2) is 0 Å². The van der Waals surface area contributed by atoms with Crippen LogP contribution in [0.4, 0.5) is 0 Å². The van der Waals surface area contributed by atoms with Gasteiger partial charge in [-0.15, -0.1) is 0 Å². The van der Waals surface area contributed by atoms with Crippen molar-refractivity contribution < 1.29 is 61.8 Å². The van der Waals surface area contributed by atoms with Crippen molar-refractivity contribution in [1.82, 2.24) is 0 Å². The maximum atomic E-state index is 13.2. The average molecular weight is 504 g/mol. The fraction of sp³-hybridized carbons (Fsp3) is 0.818. The lowest BCUT2D eigenvalue weighted by molar-refractivity contribution is -0.267. The Bertz CT molecular complexity index is 780. The summed E-state index contributed by atoms with van der Waals surface area (Å²) in [4.78, 5) is 52.4. The molecule has 0 radical (unpaired) electrons. The number of carbonyl (C=O) groups is 4. The van der Waals surface area contributed by atoms with Crippen LogP contribution in [0.5, 0.6) is 0 Å². The molecule has 3 fully saturated rings. The molecule has 0 amide bonds. The van der Waals surface area contributed by atoms with Crippen molar-refractivity contribution in [2.45, 2.75) is 23.8 Å². The SMILES string of the molecule is COC(=O)[C@@H]1[C@@H]2[C@@H](O[C@@H]3[C@H]2[C@@H](C(=O)OC)C(OC)(OC)[C@H]3C(=O)OC)[C@H](C(=O)OC)C1(OC)OC. The Kier molecular flexibility index (Phi) is 7.77. The summed E-state index contributed by atoms with van der Waals surface area (Å²) in [6, 6.07) is 0.